The molecular formula is C18H31IN4S. The second-order valence-electron chi connectivity index (χ2n) is 6.56. The summed E-state index contributed by atoms with van der Waals surface area (Å²) in [4.78, 5) is 9.27. The van der Waals surface area contributed by atoms with E-state index in [1.165, 1.54) is 31.5 Å². The molecule has 2 rings (SSSR count). The van der Waals surface area contributed by atoms with Crippen molar-refractivity contribution >= 4 is 41.7 Å². The Kier molecular flexibility index (Phi) is 9.44. The average molecular weight is 462 g/mol. The number of halogens is 1. The van der Waals surface area contributed by atoms with Crippen LogP contribution in [0.5, 0.6) is 0 Å². The lowest BCUT2D eigenvalue weighted by atomic mass is 9.96. The number of aliphatic imine (C=N–C) groups is 1. The van der Waals surface area contributed by atoms with Gasteiger partial charge in [0.15, 0.2) is 5.96 Å². The van der Waals surface area contributed by atoms with Crippen molar-refractivity contribution in [2.45, 2.75) is 24.1 Å². The smallest absolute Gasteiger partial charge is 0.193 e. The van der Waals surface area contributed by atoms with E-state index in [4.69, 9.17) is 4.99 Å². The molecule has 0 unspecified atom stereocenters. The van der Waals surface area contributed by atoms with Crippen molar-refractivity contribution in [3.8, 4) is 0 Å². The first-order valence-corrected chi connectivity index (χ1v) is 9.50. The van der Waals surface area contributed by atoms with E-state index in [0.29, 0.717) is 4.75 Å². The van der Waals surface area contributed by atoms with Gasteiger partial charge in [-0.25, -0.2) is 4.99 Å². The maximum absolute atomic E-state index is 4.77. The van der Waals surface area contributed by atoms with Crippen molar-refractivity contribution < 1.29 is 0 Å². The fourth-order valence-electron chi connectivity index (χ4n) is 2.82. The van der Waals surface area contributed by atoms with Crippen LogP contribution in [0, 0.1) is 0 Å². The molecule has 0 saturated carbocycles. The molecule has 1 fully saturated rings. The van der Waals surface area contributed by atoms with Gasteiger partial charge in [0.2, 0.25) is 0 Å². The molecule has 4 nitrogen and oxygen atoms in total. The molecule has 0 spiro atoms. The first-order valence-electron chi connectivity index (χ1n) is 8.28. The first kappa shape index (κ1) is 21.6. The molecule has 1 aromatic carbocycles. The molecule has 0 bridgehead atoms. The molecule has 0 atom stereocenters. The van der Waals surface area contributed by atoms with Gasteiger partial charge in [-0.3, -0.25) is 0 Å². The number of guanidine groups is 1. The predicted molar refractivity (Wildman–Crippen MR) is 118 cm³/mol. The van der Waals surface area contributed by atoms with Crippen molar-refractivity contribution in [3.05, 3.63) is 35.9 Å². The van der Waals surface area contributed by atoms with Gasteiger partial charge in [-0.05, 0) is 44.8 Å². The summed E-state index contributed by atoms with van der Waals surface area (Å²) in [5, 5.41) is 3.60. The van der Waals surface area contributed by atoms with E-state index in [1.54, 1.807) is 0 Å². The van der Waals surface area contributed by atoms with Crippen LogP contribution < -0.4 is 5.32 Å². The van der Waals surface area contributed by atoms with Crippen LogP contribution >= 0.6 is 35.7 Å². The zero-order valence-corrected chi connectivity index (χ0v) is 18.4. The Balaban J connectivity index is 0.00000288. The summed E-state index contributed by atoms with van der Waals surface area (Å²) >= 11 is 2.00. The molecule has 0 aliphatic carbocycles. The van der Waals surface area contributed by atoms with Crippen LogP contribution in [-0.4, -0.2) is 67.5 Å². The Morgan fingerprint density at radius 2 is 1.88 bits per heavy atom. The number of likely N-dealkylation sites (tertiary alicyclic amines) is 1. The maximum Gasteiger partial charge on any atom is 0.193 e. The topological polar surface area (TPSA) is 30.9 Å². The summed E-state index contributed by atoms with van der Waals surface area (Å²) in [5.74, 6) is 0.973. The molecule has 0 radical (unpaired) electrons. The average Bonchev–Trinajstić information content (AvgIpc) is 2.57. The molecule has 136 valence electrons. The fourth-order valence-corrected chi connectivity index (χ4v) is 3.63. The highest BCUT2D eigenvalue weighted by atomic mass is 127. The van der Waals surface area contributed by atoms with Crippen LogP contribution in [0.3, 0.4) is 0 Å². The van der Waals surface area contributed by atoms with E-state index >= 15 is 0 Å². The highest BCUT2D eigenvalue weighted by Crippen LogP contribution is 2.33. The Hall–Kier alpha value is -0.470. The van der Waals surface area contributed by atoms with E-state index in [2.05, 4.69) is 66.8 Å². The molecule has 1 aromatic rings. The van der Waals surface area contributed by atoms with E-state index in [1.807, 2.05) is 17.8 Å². The third-order valence-electron chi connectivity index (χ3n) is 4.58. The van der Waals surface area contributed by atoms with Crippen LogP contribution in [0.2, 0.25) is 0 Å². The number of hydrogen-bond acceptors (Lipinski definition) is 3. The highest BCUT2D eigenvalue weighted by Gasteiger charge is 2.33. The van der Waals surface area contributed by atoms with Gasteiger partial charge in [0.05, 0.1) is 6.54 Å². The van der Waals surface area contributed by atoms with Gasteiger partial charge < -0.3 is 15.1 Å². The van der Waals surface area contributed by atoms with Crippen LogP contribution in [0.25, 0.3) is 0 Å². The summed E-state index contributed by atoms with van der Waals surface area (Å²) in [6.45, 7) is 4.06. The van der Waals surface area contributed by atoms with Gasteiger partial charge in [-0.2, -0.15) is 11.8 Å². The predicted octanol–water partition coefficient (Wildman–Crippen LogP) is 3.14. The highest BCUT2D eigenvalue weighted by molar-refractivity contribution is 14.0. The maximum atomic E-state index is 4.77. The van der Waals surface area contributed by atoms with Crippen LogP contribution in [0.1, 0.15) is 18.4 Å². The lowest BCUT2D eigenvalue weighted by Gasteiger charge is -2.40. The molecule has 0 amide bonds. The second kappa shape index (κ2) is 10.5. The molecule has 0 aromatic heterocycles. The van der Waals surface area contributed by atoms with Gasteiger partial charge in [-0.1, -0.05) is 30.3 Å². The Bertz CT molecular complexity index is 499. The molecule has 1 aliphatic rings. The largest absolute Gasteiger partial charge is 0.355 e. The van der Waals surface area contributed by atoms with Crippen LogP contribution in [0.4, 0.5) is 0 Å². The van der Waals surface area contributed by atoms with Crippen molar-refractivity contribution in [2.75, 3.05) is 47.0 Å². The van der Waals surface area contributed by atoms with Crippen molar-refractivity contribution in [2.24, 2.45) is 4.99 Å². The minimum atomic E-state index is 0. The van der Waals surface area contributed by atoms with Gasteiger partial charge in [0.1, 0.15) is 0 Å². The number of nitrogens with zero attached hydrogens (tertiary/aromatic N) is 3. The minimum absolute atomic E-state index is 0. The first-order chi connectivity index (χ1) is 11.0. The number of benzene rings is 1. The summed E-state index contributed by atoms with van der Waals surface area (Å²) < 4.78 is 0.329. The normalized spacial score (nSPS) is 17.9. The number of piperidine rings is 1. The van der Waals surface area contributed by atoms with E-state index < -0.39 is 0 Å². The third kappa shape index (κ3) is 6.44. The molecule has 1 saturated heterocycles. The SMILES string of the molecule is CSC1(CNC(=NCc2ccccc2)N(C)C)CCN(C)CC1.I. The van der Waals surface area contributed by atoms with Gasteiger partial charge in [-0.15, -0.1) is 24.0 Å². The molecule has 1 heterocycles. The zero-order chi connectivity index (χ0) is 16.7. The molecule has 1 aliphatic heterocycles. The Morgan fingerprint density at radius 1 is 1.25 bits per heavy atom. The number of thioether (sulfide) groups is 1. The number of rotatable bonds is 5. The van der Waals surface area contributed by atoms with Crippen molar-refractivity contribution in [1.82, 2.24) is 15.1 Å². The van der Waals surface area contributed by atoms with E-state index in [-0.39, 0.29) is 24.0 Å². The lowest BCUT2D eigenvalue weighted by Crippen LogP contribution is -2.50. The summed E-state index contributed by atoms with van der Waals surface area (Å²) in [7, 11) is 6.32. The third-order valence-corrected chi connectivity index (χ3v) is 6.00. The Morgan fingerprint density at radius 3 is 2.42 bits per heavy atom. The van der Waals surface area contributed by atoms with E-state index in [0.717, 1.165) is 19.0 Å². The van der Waals surface area contributed by atoms with Crippen molar-refractivity contribution in [1.29, 1.82) is 0 Å². The quantitative estimate of drug-likeness (QED) is 0.414. The van der Waals surface area contributed by atoms with Gasteiger partial charge in [0, 0.05) is 25.4 Å². The zero-order valence-electron chi connectivity index (χ0n) is 15.3. The van der Waals surface area contributed by atoms with Crippen molar-refractivity contribution in [3.63, 3.8) is 0 Å². The molecular weight excluding hydrogens is 431 g/mol. The number of hydrogen-bond donors (Lipinski definition) is 1. The standard InChI is InChI=1S/C18H30N4S.HI/c1-21(2)17(19-14-16-8-6-5-7-9-16)20-15-18(23-4)10-12-22(3)13-11-18;/h5-9H,10-15H2,1-4H3,(H,19,20);1H. The van der Waals surface area contributed by atoms with Gasteiger partial charge >= 0.3 is 0 Å². The molecule has 1 N–H and O–H groups in total. The summed E-state index contributed by atoms with van der Waals surface area (Å²) in [5.41, 5.74) is 1.24. The van der Waals surface area contributed by atoms with E-state index in [9.17, 15) is 0 Å². The molecule has 24 heavy (non-hydrogen) atoms. The van der Waals surface area contributed by atoms with Crippen LogP contribution in [0.15, 0.2) is 35.3 Å². The lowest BCUT2D eigenvalue weighted by molar-refractivity contribution is 0.238. The fraction of sp³-hybridized carbons (Fsp3) is 0.611. The van der Waals surface area contributed by atoms with Crippen LogP contribution in [-0.2, 0) is 6.54 Å². The monoisotopic (exact) mass is 462 g/mol. The second-order valence-corrected chi connectivity index (χ2v) is 7.84. The van der Waals surface area contributed by atoms with Gasteiger partial charge in [0.25, 0.3) is 0 Å². The summed E-state index contributed by atoms with van der Waals surface area (Å²) in [6.07, 6.45) is 4.71. The summed E-state index contributed by atoms with van der Waals surface area (Å²) in [6, 6.07) is 10.4. The minimum Gasteiger partial charge on any atom is -0.355 e. The molecule has 6 heteroatoms. The Labute approximate surface area is 168 Å². The number of nitrogens with one attached hydrogen (secondary N) is 1.